The number of phenolic OH excluding ortho intramolecular Hbond substituents is 1. The molecular formula is C17H16N2O2S. The number of nitrogens with zero attached hydrogens (tertiary/aromatic N) is 2. The van der Waals surface area contributed by atoms with E-state index in [-0.39, 0.29) is 11.7 Å². The van der Waals surface area contributed by atoms with Crippen LogP contribution in [-0.4, -0.2) is 23.8 Å². The molecule has 22 heavy (non-hydrogen) atoms. The van der Waals surface area contributed by atoms with E-state index in [9.17, 15) is 9.90 Å². The largest absolute Gasteiger partial charge is 0.508 e. The van der Waals surface area contributed by atoms with E-state index in [0.29, 0.717) is 11.3 Å². The van der Waals surface area contributed by atoms with E-state index in [1.54, 1.807) is 48.3 Å². The highest BCUT2D eigenvalue weighted by atomic mass is 32.2. The van der Waals surface area contributed by atoms with Gasteiger partial charge in [-0.2, -0.15) is 5.26 Å². The van der Waals surface area contributed by atoms with Gasteiger partial charge in [0, 0.05) is 18.5 Å². The molecule has 0 spiro atoms. The number of phenols is 1. The predicted molar refractivity (Wildman–Crippen MR) is 88.8 cm³/mol. The second-order valence-corrected chi connectivity index (χ2v) is 5.76. The van der Waals surface area contributed by atoms with Crippen LogP contribution in [0.4, 0.5) is 5.69 Å². The van der Waals surface area contributed by atoms with Gasteiger partial charge in [-0.15, -0.1) is 11.8 Å². The maximum Gasteiger partial charge on any atom is 0.236 e. The maximum absolute atomic E-state index is 12.1. The van der Waals surface area contributed by atoms with Gasteiger partial charge >= 0.3 is 0 Å². The lowest BCUT2D eigenvalue weighted by Gasteiger charge is -2.17. The molecule has 0 fully saturated rings. The van der Waals surface area contributed by atoms with Crippen molar-refractivity contribution in [2.75, 3.05) is 17.7 Å². The maximum atomic E-state index is 12.1. The van der Waals surface area contributed by atoms with E-state index in [0.717, 1.165) is 17.0 Å². The Labute approximate surface area is 134 Å². The minimum atomic E-state index is 0.00401. The number of anilines is 1. The molecule has 2 aromatic carbocycles. The van der Waals surface area contributed by atoms with Crippen LogP contribution < -0.4 is 4.90 Å². The van der Waals surface area contributed by atoms with Gasteiger partial charge in [0.2, 0.25) is 5.91 Å². The minimum Gasteiger partial charge on any atom is -0.508 e. The van der Waals surface area contributed by atoms with Gasteiger partial charge in [-0.25, -0.2) is 0 Å². The van der Waals surface area contributed by atoms with Crippen LogP contribution in [-0.2, 0) is 10.5 Å². The molecule has 0 aromatic heterocycles. The number of thioether (sulfide) groups is 1. The summed E-state index contributed by atoms with van der Waals surface area (Å²) in [6, 6.07) is 16.0. The third kappa shape index (κ3) is 4.27. The molecule has 4 nitrogen and oxygen atoms in total. The van der Waals surface area contributed by atoms with Crippen molar-refractivity contribution in [1.29, 1.82) is 5.26 Å². The molecule has 5 heteroatoms. The fraction of sp³-hybridized carbons (Fsp3) is 0.176. The van der Waals surface area contributed by atoms with Gasteiger partial charge in [0.1, 0.15) is 5.75 Å². The van der Waals surface area contributed by atoms with Gasteiger partial charge in [0.25, 0.3) is 0 Å². The molecule has 1 amide bonds. The highest BCUT2D eigenvalue weighted by Crippen LogP contribution is 2.19. The number of amides is 1. The summed E-state index contributed by atoms with van der Waals surface area (Å²) >= 11 is 1.53. The molecular weight excluding hydrogens is 296 g/mol. The first kappa shape index (κ1) is 15.9. The molecule has 0 unspecified atom stereocenters. The third-order valence-electron chi connectivity index (χ3n) is 3.19. The molecule has 0 bridgehead atoms. The van der Waals surface area contributed by atoms with E-state index in [2.05, 4.69) is 6.07 Å². The average Bonchev–Trinajstić information content (AvgIpc) is 2.55. The van der Waals surface area contributed by atoms with Crippen LogP contribution >= 0.6 is 11.8 Å². The lowest BCUT2D eigenvalue weighted by molar-refractivity contribution is -0.115. The lowest BCUT2D eigenvalue weighted by atomic mass is 10.2. The highest BCUT2D eigenvalue weighted by molar-refractivity contribution is 7.99. The summed E-state index contributed by atoms with van der Waals surface area (Å²) in [6.45, 7) is 0. The quantitative estimate of drug-likeness (QED) is 0.921. The smallest absolute Gasteiger partial charge is 0.236 e. The fourth-order valence-corrected chi connectivity index (χ4v) is 2.75. The minimum absolute atomic E-state index is 0.00401. The van der Waals surface area contributed by atoms with Gasteiger partial charge in [0.15, 0.2) is 0 Å². The number of hydrogen-bond acceptors (Lipinski definition) is 4. The topological polar surface area (TPSA) is 64.3 Å². The van der Waals surface area contributed by atoms with Crippen LogP contribution in [0.15, 0.2) is 48.5 Å². The molecule has 0 heterocycles. The molecule has 1 N–H and O–H groups in total. The zero-order valence-electron chi connectivity index (χ0n) is 12.2. The van der Waals surface area contributed by atoms with Gasteiger partial charge in [-0.3, -0.25) is 4.79 Å². The second-order valence-electron chi connectivity index (χ2n) is 4.77. The van der Waals surface area contributed by atoms with Crippen molar-refractivity contribution in [1.82, 2.24) is 0 Å². The fourth-order valence-electron chi connectivity index (χ4n) is 1.85. The number of nitriles is 1. The van der Waals surface area contributed by atoms with Gasteiger partial charge < -0.3 is 10.0 Å². The van der Waals surface area contributed by atoms with Crippen molar-refractivity contribution in [2.24, 2.45) is 0 Å². The first-order valence-corrected chi connectivity index (χ1v) is 7.88. The molecule has 0 aliphatic heterocycles. The van der Waals surface area contributed by atoms with E-state index >= 15 is 0 Å². The number of benzene rings is 2. The van der Waals surface area contributed by atoms with Gasteiger partial charge in [-0.05, 0) is 42.0 Å². The SMILES string of the molecule is CN(C(=O)CSCc1ccc(C#N)cc1)c1ccc(O)cc1. The number of carbonyl (C=O) groups excluding carboxylic acids is 1. The number of hydrogen-bond donors (Lipinski definition) is 1. The van der Waals surface area contributed by atoms with Crippen LogP contribution in [0.1, 0.15) is 11.1 Å². The Hall–Kier alpha value is -2.45. The molecule has 0 saturated carbocycles. The summed E-state index contributed by atoms with van der Waals surface area (Å²) in [5.41, 5.74) is 2.47. The first-order chi connectivity index (χ1) is 10.6. The first-order valence-electron chi connectivity index (χ1n) is 6.72. The number of carbonyl (C=O) groups is 1. The van der Waals surface area contributed by atoms with E-state index < -0.39 is 0 Å². The Morgan fingerprint density at radius 1 is 1.18 bits per heavy atom. The van der Waals surface area contributed by atoms with Crippen molar-refractivity contribution < 1.29 is 9.90 Å². The molecule has 2 rings (SSSR count). The summed E-state index contributed by atoms with van der Waals surface area (Å²) in [5, 5.41) is 18.0. The Morgan fingerprint density at radius 2 is 1.82 bits per heavy atom. The third-order valence-corrected chi connectivity index (χ3v) is 4.18. The number of aromatic hydroxyl groups is 1. The summed E-state index contributed by atoms with van der Waals surface area (Å²) in [7, 11) is 1.72. The standard InChI is InChI=1S/C17H16N2O2S/c1-19(15-6-8-16(20)9-7-15)17(21)12-22-11-14-4-2-13(10-18)3-5-14/h2-9,20H,11-12H2,1H3. The summed E-state index contributed by atoms with van der Waals surface area (Å²) in [6.07, 6.45) is 0. The van der Waals surface area contributed by atoms with Crippen LogP contribution in [0, 0.1) is 11.3 Å². The van der Waals surface area contributed by atoms with Crippen molar-refractivity contribution in [3.05, 3.63) is 59.7 Å². The number of rotatable bonds is 5. The van der Waals surface area contributed by atoms with Crippen LogP contribution in [0.5, 0.6) is 5.75 Å². The van der Waals surface area contributed by atoms with Crippen molar-refractivity contribution in [3.8, 4) is 11.8 Å². The van der Waals surface area contributed by atoms with Crippen LogP contribution in [0.25, 0.3) is 0 Å². The van der Waals surface area contributed by atoms with E-state index in [4.69, 9.17) is 5.26 Å². The zero-order chi connectivity index (χ0) is 15.9. The zero-order valence-corrected chi connectivity index (χ0v) is 13.0. The van der Waals surface area contributed by atoms with Gasteiger partial charge in [0.05, 0.1) is 17.4 Å². The van der Waals surface area contributed by atoms with Crippen LogP contribution in [0.3, 0.4) is 0 Å². The van der Waals surface area contributed by atoms with Crippen molar-refractivity contribution >= 4 is 23.4 Å². The summed E-state index contributed by atoms with van der Waals surface area (Å²) in [5.74, 6) is 1.28. The monoisotopic (exact) mass is 312 g/mol. The molecule has 112 valence electrons. The average molecular weight is 312 g/mol. The second kappa shape index (κ2) is 7.53. The predicted octanol–water partition coefficient (Wildman–Crippen LogP) is 3.16. The molecule has 0 aliphatic rings. The Balaban J connectivity index is 1.84. The molecule has 2 aromatic rings. The molecule has 0 aliphatic carbocycles. The summed E-state index contributed by atoms with van der Waals surface area (Å²) < 4.78 is 0. The molecule has 0 radical (unpaired) electrons. The summed E-state index contributed by atoms with van der Waals surface area (Å²) in [4.78, 5) is 13.7. The molecule has 0 atom stereocenters. The van der Waals surface area contributed by atoms with E-state index in [1.807, 2.05) is 12.1 Å². The van der Waals surface area contributed by atoms with E-state index in [1.165, 1.54) is 11.8 Å². The normalized spacial score (nSPS) is 10.0. The molecule has 0 saturated heterocycles. The lowest BCUT2D eigenvalue weighted by Crippen LogP contribution is -2.27. The Morgan fingerprint density at radius 3 is 2.41 bits per heavy atom. The Kier molecular flexibility index (Phi) is 5.45. The van der Waals surface area contributed by atoms with Crippen molar-refractivity contribution in [2.45, 2.75) is 5.75 Å². The highest BCUT2D eigenvalue weighted by Gasteiger charge is 2.10. The van der Waals surface area contributed by atoms with Crippen LogP contribution in [0.2, 0.25) is 0 Å². The van der Waals surface area contributed by atoms with Gasteiger partial charge in [-0.1, -0.05) is 12.1 Å². The Bertz CT molecular complexity index is 675. The van der Waals surface area contributed by atoms with Crippen molar-refractivity contribution in [3.63, 3.8) is 0 Å².